The molecule has 1 atom stereocenters. The molecule has 1 aromatic rings. The van der Waals surface area contributed by atoms with Crippen LogP contribution in [0.25, 0.3) is 0 Å². The zero-order chi connectivity index (χ0) is 15.1. The third-order valence-electron chi connectivity index (χ3n) is 4.42. The molecule has 21 heavy (non-hydrogen) atoms. The highest BCUT2D eigenvalue weighted by atomic mass is 16.2. The summed E-state index contributed by atoms with van der Waals surface area (Å²) < 4.78 is 0. The van der Waals surface area contributed by atoms with E-state index in [0.717, 1.165) is 17.7 Å². The van der Waals surface area contributed by atoms with Gasteiger partial charge in [-0.25, -0.2) is 4.79 Å². The zero-order valence-electron chi connectivity index (χ0n) is 12.9. The van der Waals surface area contributed by atoms with E-state index in [0.29, 0.717) is 12.5 Å². The summed E-state index contributed by atoms with van der Waals surface area (Å²) in [5.41, 5.74) is 7.44. The van der Waals surface area contributed by atoms with E-state index in [4.69, 9.17) is 5.73 Å². The lowest BCUT2D eigenvalue weighted by molar-refractivity contribution is 0.229. The predicted octanol–water partition coefficient (Wildman–Crippen LogP) is 3.63. The van der Waals surface area contributed by atoms with Crippen LogP contribution in [0, 0.1) is 5.92 Å². The van der Waals surface area contributed by atoms with E-state index >= 15 is 0 Å². The molecule has 0 saturated heterocycles. The third kappa shape index (κ3) is 4.74. The lowest BCUT2D eigenvalue weighted by Gasteiger charge is -2.30. The van der Waals surface area contributed by atoms with Gasteiger partial charge in [-0.3, -0.25) is 0 Å². The van der Waals surface area contributed by atoms with Crippen LogP contribution in [0.15, 0.2) is 24.3 Å². The Hall–Kier alpha value is -1.55. The topological polar surface area (TPSA) is 67.2 Å². The van der Waals surface area contributed by atoms with E-state index in [1.807, 2.05) is 24.3 Å². The van der Waals surface area contributed by atoms with Crippen molar-refractivity contribution in [1.29, 1.82) is 0 Å². The van der Waals surface area contributed by atoms with Gasteiger partial charge in [-0.15, -0.1) is 0 Å². The molecule has 0 spiro atoms. The Bertz CT molecular complexity index is 438. The lowest BCUT2D eigenvalue weighted by Crippen LogP contribution is -2.42. The SMILES string of the molecule is CCC(NC(=O)Nc1ccc(CN)cc1)C1CCCCC1. The minimum Gasteiger partial charge on any atom is -0.335 e. The summed E-state index contributed by atoms with van der Waals surface area (Å²) in [6, 6.07) is 7.84. The molecule has 0 aliphatic heterocycles. The minimum absolute atomic E-state index is 0.104. The maximum absolute atomic E-state index is 12.1. The summed E-state index contributed by atoms with van der Waals surface area (Å²) in [6.07, 6.45) is 7.40. The molecule has 1 unspecified atom stereocenters. The van der Waals surface area contributed by atoms with E-state index < -0.39 is 0 Å². The van der Waals surface area contributed by atoms with E-state index in [1.54, 1.807) is 0 Å². The van der Waals surface area contributed by atoms with Gasteiger partial charge in [-0.1, -0.05) is 38.3 Å². The van der Waals surface area contributed by atoms with Gasteiger partial charge in [-0.05, 0) is 42.9 Å². The molecule has 2 rings (SSSR count). The number of urea groups is 1. The van der Waals surface area contributed by atoms with Gasteiger partial charge in [0.15, 0.2) is 0 Å². The highest BCUT2D eigenvalue weighted by Gasteiger charge is 2.23. The van der Waals surface area contributed by atoms with E-state index in [1.165, 1.54) is 32.1 Å². The number of amides is 2. The molecule has 0 heterocycles. The van der Waals surface area contributed by atoms with Crippen molar-refractivity contribution in [1.82, 2.24) is 5.32 Å². The summed E-state index contributed by atoms with van der Waals surface area (Å²) in [6.45, 7) is 2.67. The van der Waals surface area contributed by atoms with Crippen molar-refractivity contribution >= 4 is 11.7 Å². The molecule has 0 radical (unpaired) electrons. The van der Waals surface area contributed by atoms with Crippen LogP contribution < -0.4 is 16.4 Å². The molecule has 1 aliphatic carbocycles. The Morgan fingerprint density at radius 3 is 2.48 bits per heavy atom. The highest BCUT2D eigenvalue weighted by Crippen LogP contribution is 2.27. The summed E-state index contributed by atoms with van der Waals surface area (Å²) in [5.74, 6) is 0.633. The second-order valence-electron chi connectivity index (χ2n) is 5.91. The summed E-state index contributed by atoms with van der Waals surface area (Å²) >= 11 is 0. The normalized spacial score (nSPS) is 17.2. The first-order valence-corrected chi connectivity index (χ1v) is 8.09. The lowest BCUT2D eigenvalue weighted by atomic mass is 9.83. The number of anilines is 1. The van der Waals surface area contributed by atoms with Gasteiger partial charge in [0.1, 0.15) is 0 Å². The summed E-state index contributed by atoms with van der Waals surface area (Å²) in [5, 5.41) is 6.04. The van der Waals surface area contributed by atoms with E-state index in [-0.39, 0.29) is 12.1 Å². The molecule has 1 saturated carbocycles. The molecule has 116 valence electrons. The fourth-order valence-electron chi connectivity index (χ4n) is 3.15. The van der Waals surface area contributed by atoms with Crippen LogP contribution in [0.1, 0.15) is 51.0 Å². The van der Waals surface area contributed by atoms with Crippen molar-refractivity contribution < 1.29 is 4.79 Å². The van der Waals surface area contributed by atoms with Crippen LogP contribution in [0.4, 0.5) is 10.5 Å². The van der Waals surface area contributed by atoms with Crippen molar-refractivity contribution in [3.63, 3.8) is 0 Å². The van der Waals surface area contributed by atoms with E-state index in [2.05, 4.69) is 17.6 Å². The monoisotopic (exact) mass is 289 g/mol. The van der Waals surface area contributed by atoms with Crippen LogP contribution in [-0.4, -0.2) is 12.1 Å². The van der Waals surface area contributed by atoms with Crippen molar-refractivity contribution in [2.24, 2.45) is 11.7 Å². The average Bonchev–Trinajstić information content (AvgIpc) is 2.54. The molecule has 1 fully saturated rings. The maximum atomic E-state index is 12.1. The fourth-order valence-corrected chi connectivity index (χ4v) is 3.15. The van der Waals surface area contributed by atoms with Crippen LogP contribution >= 0.6 is 0 Å². The number of hydrogen-bond acceptors (Lipinski definition) is 2. The number of benzene rings is 1. The third-order valence-corrected chi connectivity index (χ3v) is 4.42. The van der Waals surface area contributed by atoms with Gasteiger partial charge in [-0.2, -0.15) is 0 Å². The largest absolute Gasteiger partial charge is 0.335 e. The molecule has 0 bridgehead atoms. The van der Waals surface area contributed by atoms with Crippen LogP contribution in [0.2, 0.25) is 0 Å². The van der Waals surface area contributed by atoms with Crippen molar-refractivity contribution in [3.8, 4) is 0 Å². The molecular weight excluding hydrogens is 262 g/mol. The second-order valence-corrected chi connectivity index (χ2v) is 5.91. The zero-order valence-corrected chi connectivity index (χ0v) is 12.9. The number of rotatable bonds is 5. The molecule has 4 N–H and O–H groups in total. The molecule has 2 amide bonds. The molecule has 0 aromatic heterocycles. The van der Waals surface area contributed by atoms with Gasteiger partial charge in [0.2, 0.25) is 0 Å². The first-order valence-electron chi connectivity index (χ1n) is 8.09. The quantitative estimate of drug-likeness (QED) is 0.775. The first kappa shape index (κ1) is 15.8. The van der Waals surface area contributed by atoms with Crippen molar-refractivity contribution in [2.45, 2.75) is 58.0 Å². The summed E-state index contributed by atoms with van der Waals surface area (Å²) in [7, 11) is 0. The Morgan fingerprint density at radius 1 is 1.24 bits per heavy atom. The van der Waals surface area contributed by atoms with Crippen molar-refractivity contribution in [2.75, 3.05) is 5.32 Å². The minimum atomic E-state index is -0.104. The smallest absolute Gasteiger partial charge is 0.319 e. The van der Waals surface area contributed by atoms with Crippen LogP contribution in [0.3, 0.4) is 0 Å². The van der Waals surface area contributed by atoms with Gasteiger partial charge in [0, 0.05) is 18.3 Å². The van der Waals surface area contributed by atoms with Crippen LogP contribution in [0.5, 0.6) is 0 Å². The molecule has 1 aliphatic rings. The molecule has 4 nitrogen and oxygen atoms in total. The summed E-state index contributed by atoms with van der Waals surface area (Å²) in [4.78, 5) is 12.1. The van der Waals surface area contributed by atoms with Gasteiger partial charge >= 0.3 is 6.03 Å². The number of nitrogens with two attached hydrogens (primary N) is 1. The van der Waals surface area contributed by atoms with Gasteiger partial charge in [0.05, 0.1) is 0 Å². The standard InChI is InChI=1S/C17H27N3O/c1-2-16(14-6-4-3-5-7-14)20-17(21)19-15-10-8-13(12-18)9-11-15/h8-11,14,16H,2-7,12,18H2,1H3,(H2,19,20,21). The van der Waals surface area contributed by atoms with Gasteiger partial charge in [0.25, 0.3) is 0 Å². The molecular formula is C17H27N3O. The van der Waals surface area contributed by atoms with Crippen molar-refractivity contribution in [3.05, 3.63) is 29.8 Å². The Balaban J connectivity index is 1.86. The predicted molar refractivity (Wildman–Crippen MR) is 87.1 cm³/mol. The Morgan fingerprint density at radius 2 is 1.90 bits per heavy atom. The second kappa shape index (κ2) is 8.03. The number of hydrogen-bond donors (Lipinski definition) is 3. The number of carbonyl (C=O) groups is 1. The first-order chi connectivity index (χ1) is 10.2. The average molecular weight is 289 g/mol. The number of carbonyl (C=O) groups excluding carboxylic acids is 1. The maximum Gasteiger partial charge on any atom is 0.319 e. The van der Waals surface area contributed by atoms with Crippen LogP contribution in [-0.2, 0) is 6.54 Å². The van der Waals surface area contributed by atoms with Gasteiger partial charge < -0.3 is 16.4 Å². The Kier molecular flexibility index (Phi) is 6.05. The highest BCUT2D eigenvalue weighted by molar-refractivity contribution is 5.89. The fraction of sp³-hybridized carbons (Fsp3) is 0.588. The molecule has 4 heteroatoms. The Labute approximate surface area is 127 Å². The number of nitrogens with one attached hydrogen (secondary N) is 2. The molecule has 1 aromatic carbocycles. The van der Waals surface area contributed by atoms with E-state index in [9.17, 15) is 4.79 Å².